The van der Waals surface area contributed by atoms with E-state index < -0.39 is 23.7 Å². The minimum Gasteiger partial charge on any atom is -0.508 e. The molecule has 2 aromatic carbocycles. The highest BCUT2D eigenvalue weighted by molar-refractivity contribution is 9.12. The predicted molar refractivity (Wildman–Crippen MR) is 146 cm³/mol. The number of phenolic OH excluding ortho intramolecular Hbond substituents is 1. The van der Waals surface area contributed by atoms with Crippen LogP contribution < -0.4 is 4.90 Å². The van der Waals surface area contributed by atoms with Gasteiger partial charge in [0.05, 0.1) is 22.0 Å². The maximum atomic E-state index is 13.9. The summed E-state index contributed by atoms with van der Waals surface area (Å²) in [7, 11) is 0. The molecule has 4 aliphatic rings. The van der Waals surface area contributed by atoms with Crippen LogP contribution in [0.15, 0.2) is 69.8 Å². The molecule has 2 aromatic rings. The number of rotatable bonds is 2. The summed E-state index contributed by atoms with van der Waals surface area (Å²) in [5, 5.41) is 10.6. The summed E-state index contributed by atoms with van der Waals surface area (Å²) in [6.45, 7) is 1.84. The van der Waals surface area contributed by atoms with Gasteiger partial charge in [-0.1, -0.05) is 47.0 Å². The van der Waals surface area contributed by atoms with Gasteiger partial charge in [-0.25, -0.2) is 4.90 Å². The van der Waals surface area contributed by atoms with Crippen molar-refractivity contribution in [2.75, 3.05) is 4.90 Å². The zero-order valence-electron chi connectivity index (χ0n) is 20.0. The number of anilines is 1. The number of imide groups is 1. The monoisotopic (exact) mass is 611 g/mol. The molecule has 1 fully saturated rings. The molecule has 3 aliphatic carbocycles. The number of halogens is 3. The zero-order chi connectivity index (χ0) is 27.0. The first-order chi connectivity index (χ1) is 18.1. The SMILES string of the molecule is Cc1ccc(N2C(=O)C3CC=C4C(c5ccc(O)cc5Cl)C5=C(CC4C3C2=O)C(=O)C(Br)=CC5=O)cc1Cl. The number of hydrogen-bond acceptors (Lipinski definition) is 5. The van der Waals surface area contributed by atoms with Gasteiger partial charge in [0.1, 0.15) is 5.75 Å². The normalized spacial score (nSPS) is 26.7. The van der Waals surface area contributed by atoms with Crippen LogP contribution in [0.2, 0.25) is 10.0 Å². The Hall–Kier alpha value is -3.00. The molecule has 4 unspecified atom stereocenters. The van der Waals surface area contributed by atoms with E-state index >= 15 is 0 Å². The Balaban J connectivity index is 1.49. The molecule has 2 amide bonds. The van der Waals surface area contributed by atoms with Crippen LogP contribution in [0.4, 0.5) is 5.69 Å². The largest absolute Gasteiger partial charge is 0.508 e. The van der Waals surface area contributed by atoms with E-state index in [1.54, 1.807) is 24.3 Å². The average molecular weight is 613 g/mol. The highest BCUT2D eigenvalue weighted by atomic mass is 79.9. The lowest BCUT2D eigenvalue weighted by Gasteiger charge is -2.42. The Morgan fingerprint density at radius 2 is 1.74 bits per heavy atom. The lowest BCUT2D eigenvalue weighted by atomic mass is 9.59. The number of fused-ring (bicyclic) bond motifs is 3. The Bertz CT molecular complexity index is 1590. The summed E-state index contributed by atoms with van der Waals surface area (Å²) in [4.78, 5) is 55.2. The second kappa shape index (κ2) is 9.04. The molecule has 6 nitrogen and oxygen atoms in total. The van der Waals surface area contributed by atoms with E-state index in [1.165, 1.54) is 23.1 Å². The fourth-order valence-corrected chi connectivity index (χ4v) is 7.19. The van der Waals surface area contributed by atoms with Gasteiger partial charge in [-0.05, 0) is 77.0 Å². The summed E-state index contributed by atoms with van der Waals surface area (Å²) in [5.74, 6) is -3.79. The topological polar surface area (TPSA) is 91.8 Å². The van der Waals surface area contributed by atoms with Crippen molar-refractivity contribution in [2.45, 2.75) is 25.7 Å². The summed E-state index contributed by atoms with van der Waals surface area (Å²) >= 11 is 16.1. The average Bonchev–Trinajstić information content (AvgIpc) is 3.13. The summed E-state index contributed by atoms with van der Waals surface area (Å²) in [5.41, 5.74) is 3.22. The van der Waals surface area contributed by atoms with Crippen LogP contribution in [-0.4, -0.2) is 28.5 Å². The van der Waals surface area contributed by atoms with Gasteiger partial charge in [-0.3, -0.25) is 19.2 Å². The van der Waals surface area contributed by atoms with Crippen LogP contribution in [0.3, 0.4) is 0 Å². The first-order valence-corrected chi connectivity index (χ1v) is 13.6. The van der Waals surface area contributed by atoms with E-state index in [4.69, 9.17) is 23.2 Å². The number of aryl methyl sites for hydroxylation is 1. The molecule has 0 radical (unpaired) electrons. The zero-order valence-corrected chi connectivity index (χ0v) is 23.1. The van der Waals surface area contributed by atoms with Gasteiger partial charge in [0.2, 0.25) is 11.8 Å². The number of benzene rings is 2. The third-order valence-electron chi connectivity index (χ3n) is 8.04. The summed E-state index contributed by atoms with van der Waals surface area (Å²) < 4.78 is 0.154. The molecule has 1 heterocycles. The first kappa shape index (κ1) is 25.3. The quantitative estimate of drug-likeness (QED) is 0.256. The molecular formula is C29H20BrCl2NO5. The Morgan fingerprint density at radius 3 is 2.45 bits per heavy atom. The van der Waals surface area contributed by atoms with Crippen molar-refractivity contribution < 1.29 is 24.3 Å². The Morgan fingerprint density at radius 1 is 0.974 bits per heavy atom. The van der Waals surface area contributed by atoms with Gasteiger partial charge in [-0.2, -0.15) is 0 Å². The van der Waals surface area contributed by atoms with Crippen LogP contribution in [0.5, 0.6) is 5.75 Å². The van der Waals surface area contributed by atoms with E-state index in [1.807, 2.05) is 13.0 Å². The van der Waals surface area contributed by atoms with Crippen molar-refractivity contribution in [3.05, 3.63) is 90.9 Å². The van der Waals surface area contributed by atoms with Crippen molar-refractivity contribution in [1.29, 1.82) is 0 Å². The maximum absolute atomic E-state index is 13.9. The van der Waals surface area contributed by atoms with Gasteiger partial charge in [0.25, 0.3) is 0 Å². The molecule has 0 aromatic heterocycles. The molecule has 1 N–H and O–H groups in total. The van der Waals surface area contributed by atoms with Crippen molar-refractivity contribution >= 4 is 68.2 Å². The minimum atomic E-state index is -0.706. The van der Waals surface area contributed by atoms with E-state index in [0.29, 0.717) is 33.8 Å². The summed E-state index contributed by atoms with van der Waals surface area (Å²) in [6, 6.07) is 9.58. The molecule has 0 bridgehead atoms. The fraction of sp³-hybridized carbons (Fsp3) is 0.241. The van der Waals surface area contributed by atoms with Crippen LogP contribution in [0, 0.1) is 24.7 Å². The number of carbonyl (C=O) groups is 4. The van der Waals surface area contributed by atoms with Crippen molar-refractivity contribution in [3.63, 3.8) is 0 Å². The number of nitrogens with zero attached hydrogens (tertiary/aromatic N) is 1. The fourth-order valence-electron chi connectivity index (χ4n) is 6.29. The molecule has 1 saturated heterocycles. The molecule has 192 valence electrons. The van der Waals surface area contributed by atoms with Gasteiger partial charge >= 0.3 is 0 Å². The number of phenols is 1. The number of hydrogen-bond donors (Lipinski definition) is 1. The van der Waals surface area contributed by atoms with Gasteiger partial charge < -0.3 is 5.11 Å². The first-order valence-electron chi connectivity index (χ1n) is 12.1. The van der Waals surface area contributed by atoms with Crippen molar-refractivity contribution in [3.8, 4) is 5.75 Å². The van der Waals surface area contributed by atoms with Crippen LogP contribution in [0.1, 0.15) is 29.9 Å². The molecular weight excluding hydrogens is 593 g/mol. The molecule has 0 saturated carbocycles. The van der Waals surface area contributed by atoms with E-state index in [-0.39, 0.29) is 45.1 Å². The Labute approximate surface area is 236 Å². The number of carbonyl (C=O) groups excluding carboxylic acids is 4. The number of amides is 2. The van der Waals surface area contributed by atoms with Gasteiger partial charge in [-0.15, -0.1) is 0 Å². The molecule has 6 rings (SSSR count). The number of allylic oxidation sites excluding steroid dienone is 6. The van der Waals surface area contributed by atoms with E-state index in [0.717, 1.165) is 11.1 Å². The second-order valence-electron chi connectivity index (χ2n) is 10.0. The van der Waals surface area contributed by atoms with Gasteiger partial charge in [0, 0.05) is 33.2 Å². The van der Waals surface area contributed by atoms with Crippen LogP contribution >= 0.6 is 39.1 Å². The van der Waals surface area contributed by atoms with Gasteiger partial charge in [0.15, 0.2) is 11.6 Å². The molecule has 0 spiro atoms. The minimum absolute atomic E-state index is 0.0318. The molecule has 9 heteroatoms. The van der Waals surface area contributed by atoms with Crippen LogP contribution in [0.25, 0.3) is 0 Å². The Kier molecular flexibility index (Phi) is 6.02. The lowest BCUT2D eigenvalue weighted by molar-refractivity contribution is -0.123. The number of ketones is 2. The van der Waals surface area contributed by atoms with Crippen molar-refractivity contribution in [1.82, 2.24) is 0 Å². The highest BCUT2D eigenvalue weighted by Crippen LogP contribution is 2.56. The molecule has 1 aliphatic heterocycles. The van der Waals surface area contributed by atoms with E-state index in [2.05, 4.69) is 15.9 Å². The predicted octanol–water partition coefficient (Wildman–Crippen LogP) is 5.97. The van der Waals surface area contributed by atoms with Crippen molar-refractivity contribution in [2.24, 2.45) is 17.8 Å². The van der Waals surface area contributed by atoms with E-state index in [9.17, 15) is 24.3 Å². The smallest absolute Gasteiger partial charge is 0.238 e. The van der Waals surface area contributed by atoms with Crippen LogP contribution in [-0.2, 0) is 19.2 Å². The lowest BCUT2D eigenvalue weighted by Crippen LogP contribution is -2.39. The highest BCUT2D eigenvalue weighted by Gasteiger charge is 2.56. The second-order valence-corrected chi connectivity index (χ2v) is 11.7. The number of aromatic hydroxyl groups is 1. The third kappa shape index (κ3) is 3.67. The molecule has 38 heavy (non-hydrogen) atoms. The molecule has 4 atom stereocenters. The maximum Gasteiger partial charge on any atom is 0.238 e. The summed E-state index contributed by atoms with van der Waals surface area (Å²) in [6.07, 6.45) is 3.66. The number of Topliss-reactive ketones (excluding diaryl/α,β-unsaturated/α-hetero) is 1. The standard InChI is InChI=1S/C29H20BrCl2NO5/c1-12-2-3-13(8-21(12)31)33-28(37)17-7-6-15-18(25(17)29(33)38)10-19-26(23(35)11-20(30)27(19)36)24(15)16-5-4-14(34)9-22(16)32/h2-6,8-9,11,17-18,24-25,34H,7,10H2,1H3. The third-order valence-corrected chi connectivity index (χ3v) is 9.36.